The Morgan fingerprint density at radius 3 is 2.50 bits per heavy atom. The molecular weight excluding hydrogens is 312 g/mol. The summed E-state index contributed by atoms with van der Waals surface area (Å²) in [5.74, 6) is 3.63. The maximum Gasteiger partial charge on any atom is 0.289 e. The molecule has 1 heterocycles. The van der Waals surface area contributed by atoms with Crippen LogP contribution in [0.3, 0.4) is 0 Å². The van der Waals surface area contributed by atoms with E-state index in [1.807, 2.05) is 11.8 Å². The van der Waals surface area contributed by atoms with Crippen LogP contribution in [0.4, 0.5) is 0 Å². The van der Waals surface area contributed by atoms with Gasteiger partial charge in [-0.1, -0.05) is 44.4 Å². The Hall–Kier alpha value is -0.930. The third kappa shape index (κ3) is 5.36. The van der Waals surface area contributed by atoms with Crippen molar-refractivity contribution in [2.45, 2.75) is 52.0 Å². The molecule has 22 heavy (non-hydrogen) atoms. The highest BCUT2D eigenvalue weighted by atomic mass is 35.5. The van der Waals surface area contributed by atoms with Crippen LogP contribution in [0, 0.1) is 0 Å². The second-order valence-corrected chi connectivity index (χ2v) is 6.42. The van der Waals surface area contributed by atoms with E-state index < -0.39 is 0 Å². The van der Waals surface area contributed by atoms with Gasteiger partial charge in [0.15, 0.2) is 0 Å². The number of thioether (sulfide) groups is 1. The highest BCUT2D eigenvalue weighted by Crippen LogP contribution is 2.17. The van der Waals surface area contributed by atoms with Crippen LogP contribution in [0.1, 0.15) is 39.5 Å². The lowest BCUT2D eigenvalue weighted by Crippen LogP contribution is -3.00. The van der Waals surface area contributed by atoms with Gasteiger partial charge in [-0.2, -0.15) is 0 Å². The van der Waals surface area contributed by atoms with Gasteiger partial charge in [-0.25, -0.2) is 9.13 Å². The van der Waals surface area contributed by atoms with Crippen molar-refractivity contribution in [2.24, 2.45) is 0 Å². The van der Waals surface area contributed by atoms with Crippen LogP contribution < -0.4 is 17.0 Å². The van der Waals surface area contributed by atoms with Gasteiger partial charge in [0, 0.05) is 0 Å². The summed E-state index contributed by atoms with van der Waals surface area (Å²) in [4.78, 5) is 0. The van der Waals surface area contributed by atoms with Crippen molar-refractivity contribution >= 4 is 11.8 Å². The lowest BCUT2D eigenvalue weighted by Gasteiger charge is -2.04. The molecule has 2 rings (SSSR count). The zero-order valence-corrected chi connectivity index (χ0v) is 15.2. The molecule has 0 aliphatic rings. The van der Waals surface area contributed by atoms with E-state index in [-0.39, 0.29) is 12.4 Å². The predicted octanol–water partition coefficient (Wildman–Crippen LogP) is 1.74. The monoisotopic (exact) mass is 338 g/mol. The van der Waals surface area contributed by atoms with Crippen LogP contribution in [0.2, 0.25) is 0 Å². The lowest BCUT2D eigenvalue weighted by atomic mass is 10.2. The molecule has 0 unspecified atom stereocenters. The first-order valence-corrected chi connectivity index (χ1v) is 9.24. The molecule has 0 saturated carbocycles. The van der Waals surface area contributed by atoms with Gasteiger partial charge in [0.05, 0.1) is 12.1 Å². The normalized spacial score (nSPS) is 10.5. The number of hydrogen-bond donors (Lipinski definition) is 0. The van der Waals surface area contributed by atoms with Crippen LogP contribution in [-0.2, 0) is 12.4 Å². The molecule has 0 bridgehead atoms. The first-order chi connectivity index (χ1) is 10.4. The Morgan fingerprint density at radius 1 is 1.05 bits per heavy atom. The van der Waals surface area contributed by atoms with E-state index in [9.17, 15) is 0 Å². The van der Waals surface area contributed by atoms with Crippen LogP contribution >= 0.6 is 11.8 Å². The van der Waals surface area contributed by atoms with E-state index in [0.29, 0.717) is 0 Å². The predicted molar refractivity (Wildman–Crippen MR) is 92.3 cm³/mol. The third-order valence-electron chi connectivity index (χ3n) is 3.72. The Morgan fingerprint density at radius 2 is 1.82 bits per heavy atom. The summed E-state index contributed by atoms with van der Waals surface area (Å²) in [7, 11) is 0. The van der Waals surface area contributed by atoms with E-state index in [1.54, 1.807) is 0 Å². The standard InChI is InChI=1S/C18H27N2S.ClH/c1-3-5-6-10-15-21-16-20-14-13-19(4-2)18(20)17-11-8-7-9-12-17;/h7-9,11-14H,3-6,10,15-16H2,1-2H3;1H/q+1;/p-1. The highest BCUT2D eigenvalue weighted by Gasteiger charge is 2.17. The fourth-order valence-corrected chi connectivity index (χ4v) is 3.48. The van der Waals surface area contributed by atoms with E-state index >= 15 is 0 Å². The molecule has 0 fully saturated rings. The number of aryl methyl sites for hydroxylation is 1. The van der Waals surface area contributed by atoms with Crippen LogP contribution in [0.15, 0.2) is 42.7 Å². The Kier molecular flexibility index (Phi) is 9.33. The first-order valence-electron chi connectivity index (χ1n) is 8.08. The summed E-state index contributed by atoms with van der Waals surface area (Å²) in [6.07, 6.45) is 9.81. The van der Waals surface area contributed by atoms with Gasteiger partial charge < -0.3 is 12.4 Å². The molecule has 1 aromatic heterocycles. The van der Waals surface area contributed by atoms with Crippen molar-refractivity contribution in [3.05, 3.63) is 42.7 Å². The van der Waals surface area contributed by atoms with Crippen molar-refractivity contribution in [3.8, 4) is 11.4 Å². The SMILES string of the molecule is CCCCCCSC[n+]1ccn(CC)c1-c1ccccc1.[Cl-]. The minimum atomic E-state index is 0. The molecule has 0 aliphatic carbocycles. The maximum atomic E-state index is 2.38. The summed E-state index contributed by atoms with van der Waals surface area (Å²) >= 11 is 2.04. The Balaban J connectivity index is 0.00000242. The number of rotatable bonds is 9. The van der Waals surface area contributed by atoms with E-state index in [4.69, 9.17) is 0 Å². The molecule has 4 heteroatoms. The number of halogens is 1. The van der Waals surface area contributed by atoms with Crippen molar-refractivity contribution in [2.75, 3.05) is 5.75 Å². The smallest absolute Gasteiger partial charge is 0.289 e. The topological polar surface area (TPSA) is 8.81 Å². The van der Waals surface area contributed by atoms with Crippen LogP contribution in [0.25, 0.3) is 11.4 Å². The Bertz CT molecular complexity index is 525. The van der Waals surface area contributed by atoms with Gasteiger partial charge in [0.1, 0.15) is 18.3 Å². The summed E-state index contributed by atoms with van der Waals surface area (Å²) in [5, 5.41) is 0. The molecular formula is C18H27ClN2S. The fourth-order valence-electron chi connectivity index (χ4n) is 2.54. The number of imidazole rings is 1. The Labute approximate surface area is 145 Å². The average Bonchev–Trinajstić information content (AvgIpc) is 2.94. The minimum Gasteiger partial charge on any atom is -1.00 e. The number of nitrogens with zero attached hydrogens (tertiary/aromatic N) is 2. The van der Waals surface area contributed by atoms with Gasteiger partial charge in [0.2, 0.25) is 0 Å². The fraction of sp³-hybridized carbons (Fsp3) is 0.500. The summed E-state index contributed by atoms with van der Waals surface area (Å²) < 4.78 is 4.70. The molecule has 2 aromatic rings. The zero-order chi connectivity index (χ0) is 14.9. The second-order valence-electron chi connectivity index (χ2n) is 5.34. The van der Waals surface area contributed by atoms with Gasteiger partial charge >= 0.3 is 0 Å². The minimum absolute atomic E-state index is 0. The molecule has 2 nitrogen and oxygen atoms in total. The molecule has 0 saturated heterocycles. The zero-order valence-electron chi connectivity index (χ0n) is 13.7. The summed E-state index contributed by atoms with van der Waals surface area (Å²) in [5.41, 5.74) is 1.30. The van der Waals surface area contributed by atoms with Crippen molar-refractivity contribution in [1.29, 1.82) is 0 Å². The quantitative estimate of drug-likeness (QED) is 0.500. The van der Waals surface area contributed by atoms with E-state index in [0.717, 1.165) is 12.4 Å². The maximum absolute atomic E-state index is 2.38. The molecule has 1 aromatic carbocycles. The first kappa shape index (κ1) is 19.1. The molecule has 0 amide bonds. The van der Waals surface area contributed by atoms with Gasteiger partial charge in [-0.3, -0.25) is 0 Å². The summed E-state index contributed by atoms with van der Waals surface area (Å²) in [6.45, 7) is 5.48. The van der Waals surface area contributed by atoms with E-state index in [2.05, 4.69) is 65.7 Å². The molecule has 122 valence electrons. The number of benzene rings is 1. The highest BCUT2D eigenvalue weighted by molar-refractivity contribution is 7.98. The van der Waals surface area contributed by atoms with Gasteiger partial charge in [0.25, 0.3) is 5.82 Å². The van der Waals surface area contributed by atoms with Crippen molar-refractivity contribution in [1.82, 2.24) is 4.57 Å². The molecule has 0 spiro atoms. The average molecular weight is 339 g/mol. The van der Waals surface area contributed by atoms with Crippen molar-refractivity contribution < 1.29 is 17.0 Å². The molecule has 0 atom stereocenters. The summed E-state index contributed by atoms with van der Waals surface area (Å²) in [6, 6.07) is 10.7. The van der Waals surface area contributed by atoms with Crippen molar-refractivity contribution in [3.63, 3.8) is 0 Å². The number of aromatic nitrogens is 2. The van der Waals surface area contributed by atoms with Gasteiger partial charge in [-0.15, -0.1) is 11.8 Å². The van der Waals surface area contributed by atoms with E-state index in [1.165, 1.54) is 42.8 Å². The largest absolute Gasteiger partial charge is 1.00 e. The van der Waals surface area contributed by atoms with Crippen LogP contribution in [-0.4, -0.2) is 10.3 Å². The molecule has 0 radical (unpaired) electrons. The van der Waals surface area contributed by atoms with Crippen LogP contribution in [0.5, 0.6) is 0 Å². The number of hydrogen-bond acceptors (Lipinski definition) is 1. The number of unbranched alkanes of at least 4 members (excludes halogenated alkanes) is 3. The molecule has 0 aliphatic heterocycles. The molecule has 0 N–H and O–H groups in total. The lowest BCUT2D eigenvalue weighted by molar-refractivity contribution is -0.664. The third-order valence-corrected chi connectivity index (χ3v) is 4.75. The second kappa shape index (κ2) is 10.7. The van der Waals surface area contributed by atoms with Gasteiger partial charge in [-0.05, 0) is 31.2 Å².